The smallest absolute Gasteiger partial charge is 0.416 e. The second-order valence-electron chi connectivity index (χ2n) is 11.0. The number of hydrogen-bond acceptors (Lipinski definition) is 4. The number of carbonyl (C=O) groups excluding carboxylic acids is 2. The molecule has 0 bridgehead atoms. The average Bonchev–Trinajstić information content (AvgIpc) is 3.37. The molecule has 2 aromatic rings. The zero-order valence-electron chi connectivity index (χ0n) is 23.7. The summed E-state index contributed by atoms with van der Waals surface area (Å²) in [4.78, 5) is 30.2. The molecule has 0 N–H and O–H groups in total. The number of esters is 1. The highest BCUT2D eigenvalue weighted by Crippen LogP contribution is 2.40. The zero-order valence-corrected chi connectivity index (χ0v) is 23.7. The van der Waals surface area contributed by atoms with E-state index in [2.05, 4.69) is 0 Å². The number of aryl methyl sites for hydroxylation is 1. The van der Waals surface area contributed by atoms with Gasteiger partial charge in [-0.05, 0) is 67.5 Å². The number of rotatable bonds is 6. The number of urea groups is 1. The molecule has 1 saturated heterocycles. The molecular formula is C30H33F6N3O3. The summed E-state index contributed by atoms with van der Waals surface area (Å²) in [6.45, 7) is 4.48. The van der Waals surface area contributed by atoms with Gasteiger partial charge >= 0.3 is 24.4 Å². The first-order chi connectivity index (χ1) is 19.6. The topological polar surface area (TPSA) is 53.1 Å². The average molecular weight is 598 g/mol. The molecule has 3 atom stereocenters. The Balaban J connectivity index is 1.60. The normalized spacial score (nSPS) is 20.2. The van der Waals surface area contributed by atoms with Gasteiger partial charge in [0.1, 0.15) is 6.61 Å². The van der Waals surface area contributed by atoms with Crippen molar-refractivity contribution in [3.63, 3.8) is 0 Å². The Morgan fingerprint density at radius 3 is 2.21 bits per heavy atom. The first-order valence-corrected chi connectivity index (χ1v) is 13.5. The number of halogens is 6. The molecule has 6 nitrogen and oxygen atoms in total. The van der Waals surface area contributed by atoms with Crippen LogP contribution in [0, 0.1) is 12.8 Å². The Kier molecular flexibility index (Phi) is 8.84. The van der Waals surface area contributed by atoms with E-state index in [9.17, 15) is 35.9 Å². The summed E-state index contributed by atoms with van der Waals surface area (Å²) in [7, 11) is 3.26. The van der Waals surface area contributed by atoms with Crippen LogP contribution in [0.25, 0.3) is 0 Å². The van der Waals surface area contributed by atoms with E-state index >= 15 is 0 Å². The van der Waals surface area contributed by atoms with E-state index in [1.165, 1.54) is 24.9 Å². The number of alkyl halides is 6. The number of nitrogens with zero attached hydrogens (tertiary/aromatic N) is 3. The van der Waals surface area contributed by atoms with Crippen molar-refractivity contribution in [3.05, 3.63) is 82.1 Å². The summed E-state index contributed by atoms with van der Waals surface area (Å²) in [5.41, 5.74) is -0.483. The second-order valence-corrected chi connectivity index (χ2v) is 11.0. The van der Waals surface area contributed by atoms with Crippen LogP contribution >= 0.6 is 0 Å². The fourth-order valence-electron chi connectivity index (χ4n) is 5.59. The fraction of sp³-hybridized carbons (Fsp3) is 0.467. The molecule has 2 aliphatic heterocycles. The van der Waals surface area contributed by atoms with Crippen LogP contribution in [0.5, 0.6) is 0 Å². The molecule has 2 amide bonds. The molecule has 4 rings (SSSR count). The Morgan fingerprint density at radius 1 is 1.05 bits per heavy atom. The highest BCUT2D eigenvalue weighted by molar-refractivity contribution is 5.85. The van der Waals surface area contributed by atoms with Gasteiger partial charge in [0.15, 0.2) is 0 Å². The SMILES string of the molecule is Cc1ccccc1C1CC(CN(C)C2=CC(=O)OC2)CCN1C(=O)N(C)C(C)c1cc(C(F)(F)F)cc(C(F)(F)F)c1. The summed E-state index contributed by atoms with van der Waals surface area (Å²) in [6.07, 6.45) is -7.34. The van der Waals surface area contributed by atoms with Gasteiger partial charge in [0.25, 0.3) is 0 Å². The van der Waals surface area contributed by atoms with Crippen LogP contribution < -0.4 is 0 Å². The van der Waals surface area contributed by atoms with Crippen molar-refractivity contribution in [2.75, 3.05) is 33.8 Å². The van der Waals surface area contributed by atoms with Crippen LogP contribution in [-0.2, 0) is 21.9 Å². The van der Waals surface area contributed by atoms with Crippen molar-refractivity contribution >= 4 is 12.0 Å². The van der Waals surface area contributed by atoms with E-state index in [4.69, 9.17) is 4.74 Å². The predicted octanol–water partition coefficient (Wildman–Crippen LogP) is 6.97. The molecule has 0 aromatic heterocycles. The lowest BCUT2D eigenvalue weighted by Crippen LogP contribution is -2.48. The van der Waals surface area contributed by atoms with Gasteiger partial charge in [0, 0.05) is 33.3 Å². The summed E-state index contributed by atoms with van der Waals surface area (Å²) in [5, 5.41) is 0. The molecule has 1 fully saturated rings. The number of benzene rings is 2. The first kappa shape index (κ1) is 31.2. The molecule has 228 valence electrons. The molecule has 3 unspecified atom stereocenters. The van der Waals surface area contributed by atoms with Gasteiger partial charge in [0.2, 0.25) is 0 Å². The predicted molar refractivity (Wildman–Crippen MR) is 143 cm³/mol. The van der Waals surface area contributed by atoms with Crippen LogP contribution in [0.2, 0.25) is 0 Å². The molecule has 0 saturated carbocycles. The molecular weight excluding hydrogens is 564 g/mol. The summed E-state index contributed by atoms with van der Waals surface area (Å²) in [6, 6.07) is 7.05. The maximum Gasteiger partial charge on any atom is 0.416 e. The number of amides is 2. The molecule has 42 heavy (non-hydrogen) atoms. The van der Waals surface area contributed by atoms with Gasteiger partial charge in [-0.2, -0.15) is 26.3 Å². The highest BCUT2D eigenvalue weighted by Gasteiger charge is 2.39. The summed E-state index contributed by atoms with van der Waals surface area (Å²) >= 11 is 0. The monoisotopic (exact) mass is 597 g/mol. The highest BCUT2D eigenvalue weighted by atomic mass is 19.4. The maximum atomic E-state index is 13.9. The summed E-state index contributed by atoms with van der Waals surface area (Å²) < 4.78 is 85.9. The lowest BCUT2D eigenvalue weighted by atomic mass is 9.85. The van der Waals surface area contributed by atoms with Gasteiger partial charge in [-0.15, -0.1) is 0 Å². The van der Waals surface area contributed by atoms with Gasteiger partial charge in [-0.25, -0.2) is 9.59 Å². The van der Waals surface area contributed by atoms with Crippen molar-refractivity contribution in [3.8, 4) is 0 Å². The van der Waals surface area contributed by atoms with Crippen LogP contribution in [0.15, 0.2) is 54.2 Å². The van der Waals surface area contributed by atoms with E-state index < -0.39 is 41.5 Å². The lowest BCUT2D eigenvalue weighted by molar-refractivity contribution is -0.143. The third kappa shape index (κ3) is 6.84. The standard InChI is InChI=1S/C30H33F6N3O3/c1-18-7-5-6-8-25(18)26-11-20(16-37(3)24-15-27(40)42-17-24)9-10-39(26)28(41)38(4)19(2)21-12-22(29(31,32)33)14-23(13-21)30(34,35)36/h5-8,12-15,19-20,26H,9-11,16-17H2,1-4H3. The van der Waals surface area contributed by atoms with Crippen LogP contribution in [0.3, 0.4) is 0 Å². The lowest BCUT2D eigenvalue weighted by Gasteiger charge is -2.44. The van der Waals surface area contributed by atoms with E-state index in [0.717, 1.165) is 16.8 Å². The molecule has 2 aromatic carbocycles. The van der Waals surface area contributed by atoms with Gasteiger partial charge in [-0.3, -0.25) is 0 Å². The first-order valence-electron chi connectivity index (χ1n) is 13.5. The Bertz CT molecular complexity index is 1320. The number of likely N-dealkylation sites (tertiary alicyclic amines) is 1. The van der Waals surface area contributed by atoms with Gasteiger partial charge in [-0.1, -0.05) is 24.3 Å². The van der Waals surface area contributed by atoms with Crippen molar-refractivity contribution < 1.29 is 40.7 Å². The molecule has 12 heteroatoms. The van der Waals surface area contributed by atoms with Crippen molar-refractivity contribution in [2.24, 2.45) is 5.92 Å². The van der Waals surface area contributed by atoms with Crippen LogP contribution in [0.4, 0.5) is 31.1 Å². The Labute approximate surface area is 240 Å². The molecule has 0 spiro atoms. The van der Waals surface area contributed by atoms with Gasteiger partial charge in [0.05, 0.1) is 28.9 Å². The van der Waals surface area contributed by atoms with Gasteiger partial charge < -0.3 is 19.4 Å². The largest absolute Gasteiger partial charge is 0.456 e. The third-order valence-corrected chi connectivity index (χ3v) is 8.15. The van der Waals surface area contributed by atoms with Crippen LogP contribution in [-0.4, -0.2) is 60.5 Å². The van der Waals surface area contributed by atoms with Crippen molar-refractivity contribution in [1.82, 2.24) is 14.7 Å². The molecule has 2 aliphatic rings. The number of carbonyl (C=O) groups is 2. The minimum atomic E-state index is -4.99. The third-order valence-electron chi connectivity index (χ3n) is 8.15. The Hall–Kier alpha value is -3.70. The van der Waals surface area contributed by atoms with Crippen LogP contribution in [0.1, 0.15) is 59.7 Å². The quantitative estimate of drug-likeness (QED) is 0.267. The molecule has 2 heterocycles. The minimum absolute atomic E-state index is 0.0810. The van der Waals surface area contributed by atoms with E-state index in [1.807, 2.05) is 43.1 Å². The number of likely N-dealkylation sites (N-methyl/N-ethyl adjacent to an activating group) is 1. The second kappa shape index (κ2) is 11.9. The number of hydrogen-bond donors (Lipinski definition) is 0. The number of piperidine rings is 1. The Morgan fingerprint density at radius 2 is 1.67 bits per heavy atom. The van der Waals surface area contributed by atoms with E-state index in [-0.39, 0.29) is 30.2 Å². The number of cyclic esters (lactones) is 1. The van der Waals surface area contributed by atoms with Crippen molar-refractivity contribution in [2.45, 2.75) is 51.1 Å². The number of ether oxygens (including phenoxy) is 1. The maximum absolute atomic E-state index is 13.9. The van der Waals surface area contributed by atoms with E-state index in [0.29, 0.717) is 38.1 Å². The minimum Gasteiger partial charge on any atom is -0.456 e. The molecule has 0 aliphatic carbocycles. The zero-order chi connectivity index (χ0) is 31.0. The van der Waals surface area contributed by atoms with Crippen molar-refractivity contribution in [1.29, 1.82) is 0 Å². The van der Waals surface area contributed by atoms with E-state index in [1.54, 1.807) is 4.90 Å². The fourth-order valence-corrected chi connectivity index (χ4v) is 5.59. The summed E-state index contributed by atoms with van der Waals surface area (Å²) in [5.74, 6) is -0.254. The molecule has 0 radical (unpaired) electrons.